The second-order valence-electron chi connectivity index (χ2n) is 5.29. The van der Waals surface area contributed by atoms with Gasteiger partial charge in [-0.2, -0.15) is 5.11 Å². The molecule has 0 aliphatic rings. The van der Waals surface area contributed by atoms with Gasteiger partial charge in [-0.1, -0.05) is 24.3 Å². The fourth-order valence-electron chi connectivity index (χ4n) is 2.28. The highest BCUT2D eigenvalue weighted by molar-refractivity contribution is 5.72. The van der Waals surface area contributed by atoms with Crippen molar-refractivity contribution in [3.63, 3.8) is 0 Å². The number of aliphatic carboxylic acids is 1. The van der Waals surface area contributed by atoms with Gasteiger partial charge in [-0.05, 0) is 29.8 Å². The van der Waals surface area contributed by atoms with E-state index in [2.05, 4.69) is 20.4 Å². The van der Waals surface area contributed by atoms with Crippen molar-refractivity contribution in [3.05, 3.63) is 64.4 Å². The molecule has 0 fully saturated rings. The van der Waals surface area contributed by atoms with E-state index >= 15 is 0 Å². The molecule has 0 bridgehead atoms. The van der Waals surface area contributed by atoms with Crippen LogP contribution in [0.1, 0.15) is 5.56 Å². The quantitative estimate of drug-likeness (QED) is 0.532. The minimum absolute atomic E-state index is 0.0662. The van der Waals surface area contributed by atoms with Crippen LogP contribution < -0.4 is 5.56 Å². The molecule has 0 aliphatic heterocycles. The van der Waals surface area contributed by atoms with Gasteiger partial charge >= 0.3 is 5.97 Å². The molecule has 3 aromatic rings. The molecule has 1 aromatic heterocycles. The Bertz CT molecular complexity index is 986. The maximum atomic E-state index is 11.9. The molecule has 0 spiro atoms. The predicted octanol–water partition coefficient (Wildman–Crippen LogP) is 3.12. The molecule has 8 nitrogen and oxygen atoms in total. The number of aromatic hydroxyl groups is 1. The fraction of sp³-hybridized carbons (Fsp3) is 0.0588. The number of aromatic nitrogens is 2. The van der Waals surface area contributed by atoms with Crippen LogP contribution in [0.2, 0.25) is 0 Å². The Morgan fingerprint density at radius 1 is 1.04 bits per heavy atom. The number of nitrogens with one attached hydrogen (secondary N) is 2. The van der Waals surface area contributed by atoms with Crippen LogP contribution in [0, 0.1) is 0 Å². The highest BCUT2D eigenvalue weighted by atomic mass is 16.4. The minimum Gasteiger partial charge on any atom is -0.508 e. The van der Waals surface area contributed by atoms with Gasteiger partial charge in [-0.15, -0.1) is 5.11 Å². The number of azo groups is 1. The summed E-state index contributed by atoms with van der Waals surface area (Å²) in [5.74, 6) is -0.847. The zero-order valence-electron chi connectivity index (χ0n) is 12.9. The lowest BCUT2D eigenvalue weighted by Gasteiger charge is -2.00. The Kier molecular flexibility index (Phi) is 4.42. The van der Waals surface area contributed by atoms with E-state index in [0.29, 0.717) is 22.5 Å². The van der Waals surface area contributed by atoms with E-state index in [0.717, 1.165) is 0 Å². The number of carboxylic acid groups (broad SMARTS) is 1. The topological polar surface area (TPSA) is 131 Å². The number of hydrogen-bond donors (Lipinski definition) is 4. The maximum absolute atomic E-state index is 11.9. The number of phenols is 1. The molecule has 25 heavy (non-hydrogen) atoms. The third kappa shape index (κ3) is 3.81. The van der Waals surface area contributed by atoms with Gasteiger partial charge in [0.25, 0.3) is 5.56 Å². The first-order chi connectivity index (χ1) is 12.0. The van der Waals surface area contributed by atoms with Crippen LogP contribution in [-0.4, -0.2) is 26.4 Å². The van der Waals surface area contributed by atoms with Gasteiger partial charge in [0.05, 0.1) is 17.8 Å². The smallest absolute Gasteiger partial charge is 0.307 e. The number of H-pyrrole nitrogens is 2. The SMILES string of the molecule is O=C(O)Cc1ccc(N=Nc2c(-c3cccc(O)c3)[nH][nH]c2=O)cc1. The van der Waals surface area contributed by atoms with E-state index in [4.69, 9.17) is 5.11 Å². The first-order valence-corrected chi connectivity index (χ1v) is 7.35. The van der Waals surface area contributed by atoms with Crippen molar-refractivity contribution in [3.8, 4) is 17.0 Å². The number of benzene rings is 2. The molecule has 4 N–H and O–H groups in total. The number of carbonyl (C=O) groups is 1. The van der Waals surface area contributed by atoms with Crippen LogP contribution in [0.15, 0.2) is 63.6 Å². The molecule has 0 unspecified atom stereocenters. The van der Waals surface area contributed by atoms with E-state index in [1.54, 1.807) is 36.4 Å². The second kappa shape index (κ2) is 6.83. The van der Waals surface area contributed by atoms with Crippen LogP contribution in [0.5, 0.6) is 5.75 Å². The van der Waals surface area contributed by atoms with E-state index in [1.165, 1.54) is 12.1 Å². The predicted molar refractivity (Wildman–Crippen MR) is 90.5 cm³/mol. The molecule has 2 aromatic carbocycles. The number of rotatable bonds is 5. The number of phenolic OH excluding ortho intramolecular Hbond substituents is 1. The van der Waals surface area contributed by atoms with Gasteiger partial charge in [0, 0.05) is 5.56 Å². The summed E-state index contributed by atoms with van der Waals surface area (Å²) in [5.41, 5.74) is 1.77. The lowest BCUT2D eigenvalue weighted by atomic mass is 10.1. The fourth-order valence-corrected chi connectivity index (χ4v) is 2.28. The normalized spacial score (nSPS) is 11.0. The first-order valence-electron chi connectivity index (χ1n) is 7.35. The molecular formula is C17H14N4O4. The van der Waals surface area contributed by atoms with Crippen LogP contribution >= 0.6 is 0 Å². The summed E-state index contributed by atoms with van der Waals surface area (Å²) >= 11 is 0. The van der Waals surface area contributed by atoms with Gasteiger partial charge in [0.2, 0.25) is 0 Å². The molecular weight excluding hydrogens is 324 g/mol. The standard InChI is InChI=1S/C17H14N4O4/c22-13-3-1-2-11(9-13)15-16(17(25)21-19-15)20-18-12-6-4-10(5-7-12)8-14(23)24/h1-7,9,22H,8H2,(H,23,24)(H2,19,21,25). The summed E-state index contributed by atoms with van der Waals surface area (Å²) in [5, 5.41) is 31.5. The minimum atomic E-state index is -0.913. The van der Waals surface area contributed by atoms with Gasteiger partial charge < -0.3 is 10.2 Å². The van der Waals surface area contributed by atoms with Crippen molar-refractivity contribution in [1.82, 2.24) is 10.2 Å². The van der Waals surface area contributed by atoms with Crippen LogP contribution in [-0.2, 0) is 11.2 Å². The van der Waals surface area contributed by atoms with Gasteiger partial charge in [0.15, 0.2) is 5.69 Å². The molecule has 126 valence electrons. The Morgan fingerprint density at radius 2 is 1.80 bits per heavy atom. The van der Waals surface area contributed by atoms with Crippen molar-refractivity contribution in [1.29, 1.82) is 0 Å². The van der Waals surface area contributed by atoms with Gasteiger partial charge in [0.1, 0.15) is 5.75 Å². The zero-order chi connectivity index (χ0) is 17.8. The average molecular weight is 338 g/mol. The van der Waals surface area contributed by atoms with Crippen molar-refractivity contribution < 1.29 is 15.0 Å². The molecule has 0 saturated carbocycles. The van der Waals surface area contributed by atoms with Gasteiger partial charge in [-0.3, -0.25) is 19.8 Å². The van der Waals surface area contributed by atoms with Crippen molar-refractivity contribution >= 4 is 17.3 Å². The van der Waals surface area contributed by atoms with Crippen molar-refractivity contribution in [2.24, 2.45) is 10.2 Å². The molecule has 0 radical (unpaired) electrons. The summed E-state index contributed by atoms with van der Waals surface area (Å²) in [4.78, 5) is 22.6. The molecule has 0 amide bonds. The molecule has 1 heterocycles. The van der Waals surface area contributed by atoms with Crippen molar-refractivity contribution in [2.45, 2.75) is 6.42 Å². The Balaban J connectivity index is 1.88. The lowest BCUT2D eigenvalue weighted by molar-refractivity contribution is -0.136. The van der Waals surface area contributed by atoms with Crippen LogP contribution in [0.25, 0.3) is 11.3 Å². The number of nitrogens with zero attached hydrogens (tertiary/aromatic N) is 2. The van der Waals surface area contributed by atoms with E-state index in [-0.39, 0.29) is 17.9 Å². The molecule has 0 aliphatic carbocycles. The summed E-state index contributed by atoms with van der Waals surface area (Å²) in [6, 6.07) is 12.9. The third-order valence-electron chi connectivity index (χ3n) is 3.44. The van der Waals surface area contributed by atoms with Crippen molar-refractivity contribution in [2.75, 3.05) is 0 Å². The number of aromatic amines is 2. The Hall–Kier alpha value is -3.68. The summed E-state index contributed by atoms with van der Waals surface area (Å²) < 4.78 is 0. The monoisotopic (exact) mass is 338 g/mol. The summed E-state index contributed by atoms with van der Waals surface area (Å²) in [6.45, 7) is 0. The highest BCUT2D eigenvalue weighted by Crippen LogP contribution is 2.28. The van der Waals surface area contributed by atoms with Gasteiger partial charge in [-0.25, -0.2) is 0 Å². The largest absolute Gasteiger partial charge is 0.508 e. The third-order valence-corrected chi connectivity index (χ3v) is 3.44. The molecule has 0 saturated heterocycles. The summed E-state index contributed by atoms with van der Waals surface area (Å²) in [6.07, 6.45) is -0.0729. The first kappa shape index (κ1) is 16.2. The lowest BCUT2D eigenvalue weighted by Crippen LogP contribution is -1.99. The summed E-state index contributed by atoms with van der Waals surface area (Å²) in [7, 11) is 0. The van der Waals surface area contributed by atoms with Crippen LogP contribution in [0.3, 0.4) is 0 Å². The van der Waals surface area contributed by atoms with E-state index < -0.39 is 11.5 Å². The maximum Gasteiger partial charge on any atom is 0.307 e. The molecule has 8 heteroatoms. The highest BCUT2D eigenvalue weighted by Gasteiger charge is 2.12. The number of carboxylic acids is 1. The van der Waals surface area contributed by atoms with E-state index in [1.807, 2.05) is 0 Å². The Morgan fingerprint density at radius 3 is 2.48 bits per heavy atom. The molecule has 3 rings (SSSR count). The second-order valence-corrected chi connectivity index (χ2v) is 5.29. The average Bonchev–Trinajstić information content (AvgIpc) is 2.94. The molecule has 0 atom stereocenters. The Labute approximate surface area is 141 Å². The number of hydrogen-bond acceptors (Lipinski definition) is 5. The zero-order valence-corrected chi connectivity index (χ0v) is 12.9. The van der Waals surface area contributed by atoms with Crippen LogP contribution in [0.4, 0.5) is 11.4 Å². The van der Waals surface area contributed by atoms with E-state index in [9.17, 15) is 14.7 Å².